The maximum Gasteiger partial charge on any atom is 0.113 e. The van der Waals surface area contributed by atoms with Gasteiger partial charge in [-0.15, -0.1) is 0 Å². The largest absolute Gasteiger partial charge is 0.309 e. The summed E-state index contributed by atoms with van der Waals surface area (Å²) in [5.41, 5.74) is 3.59. The van der Waals surface area contributed by atoms with Crippen LogP contribution in [0.3, 0.4) is 0 Å². The van der Waals surface area contributed by atoms with Gasteiger partial charge in [0, 0.05) is 13.1 Å². The molecular formula is C8H8BN. The van der Waals surface area contributed by atoms with E-state index in [-0.39, 0.29) is 0 Å². The summed E-state index contributed by atoms with van der Waals surface area (Å²) >= 11 is 0. The van der Waals surface area contributed by atoms with Crippen LogP contribution in [0.4, 0.5) is 0 Å². The Morgan fingerprint density at radius 3 is 2.90 bits per heavy atom. The Balaban J connectivity index is 2.52. The Hall–Kier alpha value is -0.755. The van der Waals surface area contributed by atoms with E-state index < -0.39 is 0 Å². The summed E-state index contributed by atoms with van der Waals surface area (Å²) in [5.74, 6) is 0. The van der Waals surface area contributed by atoms with Crippen molar-refractivity contribution in [2.75, 3.05) is 0 Å². The maximum absolute atomic E-state index is 5.60. The minimum Gasteiger partial charge on any atom is -0.309 e. The zero-order valence-corrected chi connectivity index (χ0v) is 5.72. The predicted octanol–water partition coefficient (Wildman–Crippen LogP) is 0.0836. The van der Waals surface area contributed by atoms with Gasteiger partial charge in [-0.05, 0) is 11.1 Å². The van der Waals surface area contributed by atoms with Crippen molar-refractivity contribution >= 4 is 13.3 Å². The van der Waals surface area contributed by atoms with Crippen LogP contribution in [-0.2, 0) is 13.1 Å². The van der Waals surface area contributed by atoms with Gasteiger partial charge in [0.2, 0.25) is 0 Å². The lowest BCUT2D eigenvalue weighted by Gasteiger charge is -1.97. The van der Waals surface area contributed by atoms with Gasteiger partial charge in [0.05, 0.1) is 0 Å². The SMILES string of the molecule is [B]c1ccc2c(c1)CNC2. The molecule has 0 fully saturated rings. The highest BCUT2D eigenvalue weighted by atomic mass is 14.9. The third-order valence-electron chi connectivity index (χ3n) is 1.86. The minimum atomic E-state index is 0.863. The highest BCUT2D eigenvalue weighted by Crippen LogP contribution is 2.11. The predicted molar refractivity (Wildman–Crippen MR) is 42.4 cm³/mol. The molecule has 0 atom stereocenters. The normalized spacial score (nSPS) is 15.2. The molecule has 0 bridgehead atoms. The van der Waals surface area contributed by atoms with Crippen LogP contribution in [0.1, 0.15) is 11.1 Å². The fourth-order valence-corrected chi connectivity index (χ4v) is 1.31. The molecule has 0 aromatic heterocycles. The van der Waals surface area contributed by atoms with Crippen molar-refractivity contribution in [2.24, 2.45) is 0 Å². The number of benzene rings is 1. The first kappa shape index (κ1) is 5.99. The van der Waals surface area contributed by atoms with E-state index in [9.17, 15) is 0 Å². The van der Waals surface area contributed by atoms with Crippen molar-refractivity contribution in [3.63, 3.8) is 0 Å². The molecule has 1 nitrogen and oxygen atoms in total. The molecule has 2 rings (SSSR count). The topological polar surface area (TPSA) is 12.0 Å². The molecule has 1 N–H and O–H groups in total. The molecule has 2 heteroatoms. The van der Waals surface area contributed by atoms with Gasteiger partial charge < -0.3 is 5.32 Å². The third-order valence-corrected chi connectivity index (χ3v) is 1.86. The van der Waals surface area contributed by atoms with Crippen LogP contribution >= 0.6 is 0 Å². The molecule has 0 amide bonds. The maximum atomic E-state index is 5.60. The van der Waals surface area contributed by atoms with Crippen LogP contribution in [0.25, 0.3) is 0 Å². The summed E-state index contributed by atoms with van der Waals surface area (Å²) in [6, 6.07) is 6.08. The van der Waals surface area contributed by atoms with Crippen LogP contribution in [0.2, 0.25) is 0 Å². The van der Waals surface area contributed by atoms with Crippen LogP contribution in [-0.4, -0.2) is 7.85 Å². The van der Waals surface area contributed by atoms with E-state index >= 15 is 0 Å². The zero-order valence-electron chi connectivity index (χ0n) is 5.72. The smallest absolute Gasteiger partial charge is 0.113 e. The first-order valence-corrected chi connectivity index (χ1v) is 3.44. The molecule has 1 heterocycles. The Morgan fingerprint density at radius 1 is 1.20 bits per heavy atom. The van der Waals surface area contributed by atoms with E-state index in [1.54, 1.807) is 0 Å². The lowest BCUT2D eigenvalue weighted by molar-refractivity contribution is 0.765. The Bertz CT molecular complexity index is 257. The monoisotopic (exact) mass is 129 g/mol. The number of hydrogen-bond donors (Lipinski definition) is 1. The van der Waals surface area contributed by atoms with Crippen LogP contribution in [0.15, 0.2) is 18.2 Å². The standard InChI is InChI=1S/C8H8BN/c9-8-2-1-6-4-10-5-7(6)3-8/h1-3,10H,4-5H2. The average Bonchev–Trinajstić information content (AvgIpc) is 2.33. The van der Waals surface area contributed by atoms with Gasteiger partial charge in [-0.2, -0.15) is 0 Å². The molecule has 0 unspecified atom stereocenters. The van der Waals surface area contributed by atoms with Crippen molar-refractivity contribution < 1.29 is 0 Å². The first-order valence-electron chi connectivity index (χ1n) is 3.44. The molecule has 1 aliphatic heterocycles. The summed E-state index contributed by atoms with van der Waals surface area (Å²) in [6.07, 6.45) is 0. The van der Waals surface area contributed by atoms with E-state index in [1.165, 1.54) is 11.1 Å². The van der Waals surface area contributed by atoms with Gasteiger partial charge in [-0.3, -0.25) is 0 Å². The van der Waals surface area contributed by atoms with Gasteiger partial charge in [0.25, 0.3) is 0 Å². The van der Waals surface area contributed by atoms with Crippen LogP contribution < -0.4 is 10.8 Å². The summed E-state index contributed by atoms with van der Waals surface area (Å²) < 4.78 is 0. The lowest BCUT2D eigenvalue weighted by Crippen LogP contribution is -2.02. The molecule has 0 saturated carbocycles. The summed E-state index contributed by atoms with van der Waals surface area (Å²) in [7, 11) is 5.60. The first-order chi connectivity index (χ1) is 4.86. The van der Waals surface area contributed by atoms with Gasteiger partial charge in [0.1, 0.15) is 7.85 Å². The highest BCUT2D eigenvalue weighted by Gasteiger charge is 2.07. The molecule has 48 valence electrons. The molecule has 10 heavy (non-hydrogen) atoms. The van der Waals surface area contributed by atoms with Crippen LogP contribution in [0, 0.1) is 0 Å². The van der Waals surface area contributed by atoms with Gasteiger partial charge >= 0.3 is 0 Å². The Morgan fingerprint density at radius 2 is 2.00 bits per heavy atom. The van der Waals surface area contributed by atoms with E-state index in [2.05, 4.69) is 11.4 Å². The molecule has 1 aromatic rings. The van der Waals surface area contributed by atoms with E-state index in [4.69, 9.17) is 7.85 Å². The quantitative estimate of drug-likeness (QED) is 0.489. The van der Waals surface area contributed by atoms with Crippen molar-refractivity contribution in [2.45, 2.75) is 13.1 Å². The number of fused-ring (bicyclic) bond motifs is 1. The Labute approximate surface area is 61.9 Å². The molecule has 0 saturated heterocycles. The lowest BCUT2D eigenvalue weighted by atomic mass is 9.93. The second-order valence-electron chi connectivity index (χ2n) is 2.63. The number of rotatable bonds is 0. The van der Waals surface area contributed by atoms with E-state index in [1.807, 2.05) is 12.1 Å². The minimum absolute atomic E-state index is 0.863. The molecule has 0 aliphatic carbocycles. The molecule has 0 spiro atoms. The second kappa shape index (κ2) is 2.13. The molecule has 1 aliphatic rings. The van der Waals surface area contributed by atoms with Gasteiger partial charge in [-0.1, -0.05) is 23.7 Å². The average molecular weight is 129 g/mol. The van der Waals surface area contributed by atoms with E-state index in [0.29, 0.717) is 0 Å². The van der Waals surface area contributed by atoms with Crippen LogP contribution in [0.5, 0.6) is 0 Å². The number of nitrogens with one attached hydrogen (secondary N) is 1. The van der Waals surface area contributed by atoms with E-state index in [0.717, 1.165) is 18.6 Å². The second-order valence-corrected chi connectivity index (χ2v) is 2.63. The van der Waals surface area contributed by atoms with Gasteiger partial charge in [0.15, 0.2) is 0 Å². The van der Waals surface area contributed by atoms with Crippen molar-refractivity contribution in [3.8, 4) is 0 Å². The fourth-order valence-electron chi connectivity index (χ4n) is 1.31. The summed E-state index contributed by atoms with van der Waals surface area (Å²) in [6.45, 7) is 1.97. The molecule has 2 radical (unpaired) electrons. The molecule has 1 aromatic carbocycles. The number of hydrogen-bond acceptors (Lipinski definition) is 1. The van der Waals surface area contributed by atoms with Crippen molar-refractivity contribution in [3.05, 3.63) is 29.3 Å². The zero-order chi connectivity index (χ0) is 6.97. The molecular weight excluding hydrogens is 121 g/mol. The summed E-state index contributed by atoms with van der Waals surface area (Å²) in [4.78, 5) is 0. The highest BCUT2D eigenvalue weighted by molar-refractivity contribution is 6.32. The van der Waals surface area contributed by atoms with Crippen molar-refractivity contribution in [1.29, 1.82) is 0 Å². The fraction of sp³-hybridized carbons (Fsp3) is 0.250. The summed E-state index contributed by atoms with van der Waals surface area (Å²) in [5, 5.41) is 3.26. The third kappa shape index (κ3) is 0.849. The Kier molecular flexibility index (Phi) is 1.28. The van der Waals surface area contributed by atoms with Gasteiger partial charge in [-0.25, -0.2) is 0 Å². The van der Waals surface area contributed by atoms with Crippen molar-refractivity contribution in [1.82, 2.24) is 5.32 Å².